The van der Waals surface area contributed by atoms with Crippen LogP contribution in [0.1, 0.15) is 19.3 Å². The molecule has 1 aliphatic heterocycles. The number of likely N-dealkylation sites (tertiary alicyclic amines) is 1. The monoisotopic (exact) mass is 241 g/mol. The van der Waals surface area contributed by atoms with Crippen LogP contribution in [0.2, 0.25) is 0 Å². The van der Waals surface area contributed by atoms with Crippen LogP contribution in [-0.4, -0.2) is 40.0 Å². The second-order valence-electron chi connectivity index (χ2n) is 4.62. The SMILES string of the molecule is ClCC1CCCN(CCCn2ccnc2)C1. The number of alkyl halides is 1. The summed E-state index contributed by atoms with van der Waals surface area (Å²) in [5.41, 5.74) is 0. The summed E-state index contributed by atoms with van der Waals surface area (Å²) in [6, 6.07) is 0. The first-order valence-electron chi connectivity index (χ1n) is 6.12. The molecule has 2 heterocycles. The van der Waals surface area contributed by atoms with Crippen molar-refractivity contribution in [2.24, 2.45) is 5.92 Å². The van der Waals surface area contributed by atoms with E-state index in [0.717, 1.165) is 12.4 Å². The lowest BCUT2D eigenvalue weighted by molar-refractivity contribution is 0.181. The molecule has 0 radical (unpaired) electrons. The van der Waals surface area contributed by atoms with Crippen LogP contribution in [0.3, 0.4) is 0 Å². The van der Waals surface area contributed by atoms with Crippen molar-refractivity contribution < 1.29 is 0 Å². The van der Waals surface area contributed by atoms with Gasteiger partial charge in [-0.1, -0.05) is 0 Å². The minimum Gasteiger partial charge on any atom is -0.337 e. The van der Waals surface area contributed by atoms with Gasteiger partial charge in [0.2, 0.25) is 0 Å². The van der Waals surface area contributed by atoms with Crippen LogP contribution in [0, 0.1) is 5.92 Å². The van der Waals surface area contributed by atoms with E-state index in [0.29, 0.717) is 5.92 Å². The summed E-state index contributed by atoms with van der Waals surface area (Å²) in [5.74, 6) is 1.53. The smallest absolute Gasteiger partial charge is 0.0945 e. The highest BCUT2D eigenvalue weighted by Gasteiger charge is 2.18. The summed E-state index contributed by atoms with van der Waals surface area (Å²) in [5, 5.41) is 0. The largest absolute Gasteiger partial charge is 0.337 e. The molecule has 1 aliphatic rings. The van der Waals surface area contributed by atoms with Crippen molar-refractivity contribution in [1.82, 2.24) is 14.5 Å². The molecule has 0 N–H and O–H groups in total. The summed E-state index contributed by atoms with van der Waals surface area (Å²) in [6.45, 7) is 4.69. The summed E-state index contributed by atoms with van der Waals surface area (Å²) in [6.07, 6.45) is 9.56. The second-order valence-corrected chi connectivity index (χ2v) is 4.93. The molecule has 1 atom stereocenters. The standard InChI is InChI=1S/C12H20ClN3/c13-9-12-3-1-5-15(10-12)6-2-7-16-8-4-14-11-16/h4,8,11-12H,1-3,5-7,9-10H2. The molecule has 0 saturated carbocycles. The fraction of sp³-hybridized carbons (Fsp3) is 0.750. The van der Waals surface area contributed by atoms with Crippen molar-refractivity contribution in [1.29, 1.82) is 0 Å². The number of imidazole rings is 1. The average molecular weight is 242 g/mol. The quantitative estimate of drug-likeness (QED) is 0.738. The maximum Gasteiger partial charge on any atom is 0.0945 e. The Labute approximate surface area is 102 Å². The molecule has 0 aliphatic carbocycles. The molecule has 1 aromatic heterocycles. The summed E-state index contributed by atoms with van der Waals surface area (Å²) < 4.78 is 2.14. The van der Waals surface area contributed by atoms with Crippen molar-refractivity contribution in [2.75, 3.05) is 25.5 Å². The van der Waals surface area contributed by atoms with E-state index in [-0.39, 0.29) is 0 Å². The zero-order valence-electron chi connectivity index (χ0n) is 9.69. The number of halogens is 1. The fourth-order valence-corrected chi connectivity index (χ4v) is 2.63. The number of nitrogens with zero attached hydrogens (tertiary/aromatic N) is 3. The summed E-state index contributed by atoms with van der Waals surface area (Å²) in [4.78, 5) is 6.59. The number of piperidine rings is 1. The van der Waals surface area contributed by atoms with Gasteiger partial charge < -0.3 is 9.47 Å². The third kappa shape index (κ3) is 3.49. The van der Waals surface area contributed by atoms with Gasteiger partial charge in [0.05, 0.1) is 6.33 Å². The van der Waals surface area contributed by atoms with Gasteiger partial charge in [0.1, 0.15) is 0 Å². The van der Waals surface area contributed by atoms with Crippen molar-refractivity contribution in [3.8, 4) is 0 Å². The lowest BCUT2D eigenvalue weighted by atomic mass is 10.00. The average Bonchev–Trinajstić information content (AvgIpc) is 2.82. The Balaban J connectivity index is 1.65. The molecule has 1 fully saturated rings. The number of rotatable bonds is 5. The van der Waals surface area contributed by atoms with Crippen LogP contribution in [-0.2, 0) is 6.54 Å². The molecular formula is C12H20ClN3. The molecule has 0 bridgehead atoms. The number of hydrogen-bond acceptors (Lipinski definition) is 2. The van der Waals surface area contributed by atoms with Crippen molar-refractivity contribution in [3.63, 3.8) is 0 Å². The molecule has 4 heteroatoms. The third-order valence-electron chi connectivity index (χ3n) is 3.27. The lowest BCUT2D eigenvalue weighted by Gasteiger charge is -2.31. The van der Waals surface area contributed by atoms with Crippen LogP contribution in [0.25, 0.3) is 0 Å². The van der Waals surface area contributed by atoms with Gasteiger partial charge in [0.15, 0.2) is 0 Å². The zero-order chi connectivity index (χ0) is 11.2. The Bertz CT molecular complexity index is 286. The van der Waals surface area contributed by atoms with E-state index in [2.05, 4.69) is 14.5 Å². The number of hydrogen-bond donors (Lipinski definition) is 0. The predicted molar refractivity (Wildman–Crippen MR) is 66.7 cm³/mol. The highest BCUT2D eigenvalue weighted by atomic mass is 35.5. The van der Waals surface area contributed by atoms with E-state index in [9.17, 15) is 0 Å². The van der Waals surface area contributed by atoms with Gasteiger partial charge in [-0.3, -0.25) is 0 Å². The molecule has 2 rings (SSSR count). The highest BCUT2D eigenvalue weighted by molar-refractivity contribution is 6.18. The van der Waals surface area contributed by atoms with E-state index in [4.69, 9.17) is 11.6 Å². The maximum atomic E-state index is 5.92. The topological polar surface area (TPSA) is 21.1 Å². The molecule has 0 amide bonds. The number of aryl methyl sites for hydroxylation is 1. The molecule has 0 spiro atoms. The first-order valence-corrected chi connectivity index (χ1v) is 6.66. The Kier molecular flexibility index (Phi) is 4.67. The van der Waals surface area contributed by atoms with Gasteiger partial charge in [-0.15, -0.1) is 11.6 Å². The number of aromatic nitrogens is 2. The zero-order valence-corrected chi connectivity index (χ0v) is 10.4. The van der Waals surface area contributed by atoms with E-state index in [1.165, 1.54) is 38.9 Å². The van der Waals surface area contributed by atoms with Gasteiger partial charge in [0.25, 0.3) is 0 Å². The Morgan fingerprint density at radius 2 is 2.31 bits per heavy atom. The van der Waals surface area contributed by atoms with Gasteiger partial charge in [0, 0.05) is 31.4 Å². The van der Waals surface area contributed by atoms with E-state index < -0.39 is 0 Å². The van der Waals surface area contributed by atoms with E-state index >= 15 is 0 Å². The molecule has 0 aromatic carbocycles. The van der Waals surface area contributed by atoms with Crippen molar-refractivity contribution in [3.05, 3.63) is 18.7 Å². The molecule has 3 nitrogen and oxygen atoms in total. The summed E-state index contributed by atoms with van der Waals surface area (Å²) >= 11 is 5.92. The molecule has 1 saturated heterocycles. The maximum absolute atomic E-state index is 5.92. The third-order valence-corrected chi connectivity index (χ3v) is 3.71. The fourth-order valence-electron chi connectivity index (χ4n) is 2.38. The lowest BCUT2D eigenvalue weighted by Crippen LogP contribution is -2.36. The minimum atomic E-state index is 0.712. The van der Waals surface area contributed by atoms with Crippen LogP contribution < -0.4 is 0 Å². The second kappa shape index (κ2) is 6.26. The first kappa shape index (κ1) is 11.9. The van der Waals surface area contributed by atoms with E-state index in [1.807, 2.05) is 18.7 Å². The molecule has 1 unspecified atom stereocenters. The van der Waals surface area contributed by atoms with Gasteiger partial charge in [-0.2, -0.15) is 0 Å². The molecule has 16 heavy (non-hydrogen) atoms. The minimum absolute atomic E-state index is 0.712. The van der Waals surface area contributed by atoms with Crippen LogP contribution in [0.5, 0.6) is 0 Å². The van der Waals surface area contributed by atoms with Crippen LogP contribution in [0.15, 0.2) is 18.7 Å². The Morgan fingerprint density at radius 3 is 3.06 bits per heavy atom. The Hall–Kier alpha value is -0.540. The highest BCUT2D eigenvalue weighted by Crippen LogP contribution is 2.17. The molecular weight excluding hydrogens is 222 g/mol. The predicted octanol–water partition coefficient (Wildman–Crippen LogP) is 2.22. The van der Waals surface area contributed by atoms with Crippen molar-refractivity contribution >= 4 is 11.6 Å². The summed E-state index contributed by atoms with van der Waals surface area (Å²) in [7, 11) is 0. The van der Waals surface area contributed by atoms with Gasteiger partial charge in [-0.05, 0) is 38.3 Å². The molecule has 90 valence electrons. The van der Waals surface area contributed by atoms with Gasteiger partial charge in [-0.25, -0.2) is 4.98 Å². The molecule has 1 aromatic rings. The van der Waals surface area contributed by atoms with E-state index in [1.54, 1.807) is 0 Å². The first-order chi connectivity index (χ1) is 7.88. The normalized spacial score (nSPS) is 22.4. The van der Waals surface area contributed by atoms with Crippen LogP contribution >= 0.6 is 11.6 Å². The van der Waals surface area contributed by atoms with Crippen molar-refractivity contribution in [2.45, 2.75) is 25.8 Å². The van der Waals surface area contributed by atoms with Gasteiger partial charge >= 0.3 is 0 Å². The van der Waals surface area contributed by atoms with Crippen LogP contribution in [0.4, 0.5) is 0 Å². The Morgan fingerprint density at radius 1 is 1.38 bits per heavy atom.